The summed E-state index contributed by atoms with van der Waals surface area (Å²) < 4.78 is 4.31. The van der Waals surface area contributed by atoms with Crippen molar-refractivity contribution in [1.82, 2.24) is 9.78 Å². The Kier molecular flexibility index (Phi) is 4.21. The molecule has 2 aromatic carbocycles. The summed E-state index contributed by atoms with van der Waals surface area (Å²) in [4.78, 5) is 0. The molecule has 0 saturated heterocycles. The zero-order valence-electron chi connectivity index (χ0n) is 10.6. The standard InChI is InChI=1S/C16H12BrIN2/c17-14-5-3-4-12(8-14)10-20-11-13(9-19-20)15-6-1-2-7-16(15)18/h1-9,11H,10H2. The lowest BCUT2D eigenvalue weighted by atomic mass is 10.1. The highest BCUT2D eigenvalue weighted by atomic mass is 127. The van der Waals surface area contributed by atoms with Crippen LogP contribution in [0.2, 0.25) is 0 Å². The van der Waals surface area contributed by atoms with Gasteiger partial charge in [-0.2, -0.15) is 5.10 Å². The maximum Gasteiger partial charge on any atom is 0.0660 e. The monoisotopic (exact) mass is 438 g/mol. The second-order valence-electron chi connectivity index (χ2n) is 4.54. The highest BCUT2D eigenvalue weighted by Crippen LogP contribution is 2.24. The average Bonchev–Trinajstić information content (AvgIpc) is 2.87. The van der Waals surface area contributed by atoms with E-state index in [1.807, 2.05) is 23.0 Å². The van der Waals surface area contributed by atoms with Crippen molar-refractivity contribution >= 4 is 38.5 Å². The maximum absolute atomic E-state index is 4.46. The van der Waals surface area contributed by atoms with Crippen LogP contribution in [0.25, 0.3) is 11.1 Å². The SMILES string of the molecule is Brc1cccc(Cn2cc(-c3ccccc3I)cn2)c1. The van der Waals surface area contributed by atoms with Crippen molar-refractivity contribution in [2.45, 2.75) is 6.54 Å². The lowest BCUT2D eigenvalue weighted by Gasteiger charge is -2.03. The number of nitrogens with zero attached hydrogens (tertiary/aromatic N) is 2. The van der Waals surface area contributed by atoms with Crippen molar-refractivity contribution in [1.29, 1.82) is 0 Å². The van der Waals surface area contributed by atoms with Gasteiger partial charge in [-0.05, 0) is 51.9 Å². The van der Waals surface area contributed by atoms with Gasteiger partial charge in [-0.3, -0.25) is 4.68 Å². The minimum Gasteiger partial charge on any atom is -0.268 e. The molecule has 3 aromatic rings. The summed E-state index contributed by atoms with van der Waals surface area (Å²) in [6.07, 6.45) is 4.02. The topological polar surface area (TPSA) is 17.8 Å². The van der Waals surface area contributed by atoms with Crippen LogP contribution in [-0.2, 0) is 6.54 Å². The summed E-state index contributed by atoms with van der Waals surface area (Å²) in [6, 6.07) is 16.7. The van der Waals surface area contributed by atoms with Gasteiger partial charge in [0.1, 0.15) is 0 Å². The highest BCUT2D eigenvalue weighted by Gasteiger charge is 2.05. The molecule has 1 aromatic heterocycles. The minimum absolute atomic E-state index is 0.781. The molecule has 0 radical (unpaired) electrons. The van der Waals surface area contributed by atoms with Crippen molar-refractivity contribution in [2.75, 3.05) is 0 Å². The van der Waals surface area contributed by atoms with Crippen molar-refractivity contribution in [3.05, 3.63) is 74.5 Å². The van der Waals surface area contributed by atoms with Crippen molar-refractivity contribution in [3.8, 4) is 11.1 Å². The smallest absolute Gasteiger partial charge is 0.0660 e. The molecule has 0 aliphatic rings. The molecule has 4 heteroatoms. The Bertz CT molecular complexity index is 737. The molecule has 1 heterocycles. The Balaban J connectivity index is 1.86. The summed E-state index contributed by atoms with van der Waals surface area (Å²) in [5.74, 6) is 0. The van der Waals surface area contributed by atoms with Gasteiger partial charge in [0.15, 0.2) is 0 Å². The predicted octanol–water partition coefficient (Wildman–Crippen LogP) is 4.97. The molecular formula is C16H12BrIN2. The minimum atomic E-state index is 0.781. The molecular weight excluding hydrogens is 427 g/mol. The largest absolute Gasteiger partial charge is 0.268 e. The van der Waals surface area contributed by atoms with E-state index >= 15 is 0 Å². The number of benzene rings is 2. The van der Waals surface area contributed by atoms with Crippen LogP contribution in [0, 0.1) is 3.57 Å². The maximum atomic E-state index is 4.46. The van der Waals surface area contributed by atoms with E-state index < -0.39 is 0 Å². The highest BCUT2D eigenvalue weighted by molar-refractivity contribution is 14.1. The Morgan fingerprint density at radius 1 is 1.10 bits per heavy atom. The van der Waals surface area contributed by atoms with E-state index in [-0.39, 0.29) is 0 Å². The third kappa shape index (κ3) is 3.12. The average molecular weight is 439 g/mol. The first-order valence-corrected chi connectivity index (χ1v) is 8.11. The van der Waals surface area contributed by atoms with Gasteiger partial charge in [0.05, 0.1) is 12.7 Å². The van der Waals surface area contributed by atoms with Crippen LogP contribution in [0.3, 0.4) is 0 Å². The quantitative estimate of drug-likeness (QED) is 0.528. The first-order valence-electron chi connectivity index (χ1n) is 6.24. The van der Waals surface area contributed by atoms with Crippen LogP contribution >= 0.6 is 38.5 Å². The van der Waals surface area contributed by atoms with Gasteiger partial charge in [-0.25, -0.2) is 0 Å². The van der Waals surface area contributed by atoms with Gasteiger partial charge in [-0.15, -0.1) is 0 Å². The van der Waals surface area contributed by atoms with Gasteiger partial charge in [0.2, 0.25) is 0 Å². The van der Waals surface area contributed by atoms with Gasteiger partial charge < -0.3 is 0 Å². The molecule has 0 fully saturated rings. The zero-order chi connectivity index (χ0) is 13.9. The molecule has 0 aliphatic heterocycles. The molecule has 0 atom stereocenters. The second-order valence-corrected chi connectivity index (χ2v) is 6.61. The van der Waals surface area contributed by atoms with E-state index in [9.17, 15) is 0 Å². The van der Waals surface area contributed by atoms with Gasteiger partial charge in [0, 0.05) is 19.8 Å². The third-order valence-corrected chi connectivity index (χ3v) is 4.49. The van der Waals surface area contributed by atoms with Crippen LogP contribution < -0.4 is 0 Å². The Hall–Kier alpha value is -1.14. The number of rotatable bonds is 3. The molecule has 100 valence electrons. The van der Waals surface area contributed by atoms with E-state index in [4.69, 9.17) is 0 Å². The second kappa shape index (κ2) is 6.10. The molecule has 0 N–H and O–H groups in total. The lowest BCUT2D eigenvalue weighted by molar-refractivity contribution is 0.687. The van der Waals surface area contributed by atoms with Crippen LogP contribution in [0.15, 0.2) is 65.4 Å². The first kappa shape index (κ1) is 13.8. The van der Waals surface area contributed by atoms with E-state index in [0.717, 1.165) is 16.6 Å². The fourth-order valence-corrected chi connectivity index (χ4v) is 3.25. The third-order valence-electron chi connectivity index (χ3n) is 3.05. The van der Waals surface area contributed by atoms with Gasteiger partial charge in [0.25, 0.3) is 0 Å². The molecule has 2 nitrogen and oxygen atoms in total. The van der Waals surface area contributed by atoms with E-state index in [1.165, 1.54) is 14.7 Å². The molecule has 0 amide bonds. The summed E-state index contributed by atoms with van der Waals surface area (Å²) in [5, 5.41) is 4.46. The summed E-state index contributed by atoms with van der Waals surface area (Å²) in [5.41, 5.74) is 3.62. The number of hydrogen-bond donors (Lipinski definition) is 0. The first-order chi connectivity index (χ1) is 9.72. The summed E-state index contributed by atoms with van der Waals surface area (Å²) >= 11 is 5.85. The number of halogens is 2. The van der Waals surface area contributed by atoms with Crippen molar-refractivity contribution in [3.63, 3.8) is 0 Å². The molecule has 0 saturated carbocycles. The van der Waals surface area contributed by atoms with E-state index in [1.54, 1.807) is 0 Å². The molecule has 0 spiro atoms. The van der Waals surface area contributed by atoms with Crippen molar-refractivity contribution in [2.24, 2.45) is 0 Å². The molecule has 3 rings (SSSR count). The van der Waals surface area contributed by atoms with Crippen LogP contribution in [-0.4, -0.2) is 9.78 Å². The lowest BCUT2D eigenvalue weighted by Crippen LogP contribution is -1.99. The number of aromatic nitrogens is 2. The molecule has 0 aliphatic carbocycles. The van der Waals surface area contributed by atoms with Gasteiger partial charge in [-0.1, -0.05) is 46.3 Å². The summed E-state index contributed by atoms with van der Waals surface area (Å²) in [6.45, 7) is 0.781. The van der Waals surface area contributed by atoms with Crippen molar-refractivity contribution < 1.29 is 0 Å². The van der Waals surface area contributed by atoms with E-state index in [0.29, 0.717) is 0 Å². The molecule has 0 unspecified atom stereocenters. The normalized spacial score (nSPS) is 10.7. The Labute approximate surface area is 140 Å². The summed E-state index contributed by atoms with van der Waals surface area (Å²) in [7, 11) is 0. The fourth-order valence-electron chi connectivity index (χ4n) is 2.11. The Morgan fingerprint density at radius 2 is 1.95 bits per heavy atom. The molecule has 20 heavy (non-hydrogen) atoms. The zero-order valence-corrected chi connectivity index (χ0v) is 14.4. The van der Waals surface area contributed by atoms with Crippen LogP contribution in [0.5, 0.6) is 0 Å². The predicted molar refractivity (Wildman–Crippen MR) is 93.6 cm³/mol. The number of hydrogen-bond acceptors (Lipinski definition) is 1. The van der Waals surface area contributed by atoms with E-state index in [2.05, 4.69) is 86.2 Å². The fraction of sp³-hybridized carbons (Fsp3) is 0.0625. The van der Waals surface area contributed by atoms with Crippen LogP contribution in [0.1, 0.15) is 5.56 Å². The Morgan fingerprint density at radius 3 is 2.75 bits per heavy atom. The van der Waals surface area contributed by atoms with Gasteiger partial charge >= 0.3 is 0 Å². The molecule has 0 bridgehead atoms. The van der Waals surface area contributed by atoms with Crippen LogP contribution in [0.4, 0.5) is 0 Å².